The van der Waals surface area contributed by atoms with Crippen LogP contribution in [0.15, 0.2) is 59.4 Å². The van der Waals surface area contributed by atoms with Gasteiger partial charge in [0.1, 0.15) is 0 Å². The van der Waals surface area contributed by atoms with E-state index in [0.29, 0.717) is 19.4 Å². The molecule has 1 heterocycles. The van der Waals surface area contributed by atoms with Crippen molar-refractivity contribution in [1.82, 2.24) is 9.78 Å². The Morgan fingerprint density at radius 2 is 1.68 bits per heavy atom. The predicted octanol–water partition coefficient (Wildman–Crippen LogP) is 4.25. The van der Waals surface area contributed by atoms with Gasteiger partial charge in [-0.2, -0.15) is 5.10 Å². The van der Waals surface area contributed by atoms with E-state index >= 15 is 0 Å². The molecule has 28 heavy (non-hydrogen) atoms. The van der Waals surface area contributed by atoms with Gasteiger partial charge in [0.05, 0.1) is 5.69 Å². The number of nitrogens with one attached hydrogen (secondary N) is 1. The third-order valence-corrected chi connectivity index (χ3v) is 4.65. The summed E-state index contributed by atoms with van der Waals surface area (Å²) in [6, 6.07) is 17.2. The minimum Gasteiger partial charge on any atom is -0.326 e. The summed E-state index contributed by atoms with van der Waals surface area (Å²) in [6.45, 7) is 6.39. The van der Waals surface area contributed by atoms with Crippen LogP contribution in [0.5, 0.6) is 0 Å². The van der Waals surface area contributed by atoms with E-state index in [1.165, 1.54) is 16.3 Å². The molecular weight excluding hydrogens is 350 g/mol. The maximum atomic E-state index is 12.3. The highest BCUT2D eigenvalue weighted by molar-refractivity contribution is 5.91. The van der Waals surface area contributed by atoms with Gasteiger partial charge in [-0.15, -0.1) is 0 Å². The number of aromatic nitrogens is 2. The number of hydrogen-bond acceptors (Lipinski definition) is 3. The van der Waals surface area contributed by atoms with Gasteiger partial charge in [-0.25, -0.2) is 4.68 Å². The Hall–Kier alpha value is -3.21. The molecule has 3 aromatic rings. The summed E-state index contributed by atoms with van der Waals surface area (Å²) in [5, 5.41) is 7.40. The fourth-order valence-electron chi connectivity index (χ4n) is 2.96. The van der Waals surface area contributed by atoms with E-state index in [4.69, 9.17) is 0 Å². The Balaban J connectivity index is 1.62. The number of carbonyl (C=O) groups is 1. The molecule has 0 radical (unpaired) electrons. The van der Waals surface area contributed by atoms with E-state index in [-0.39, 0.29) is 11.5 Å². The van der Waals surface area contributed by atoms with Gasteiger partial charge in [0, 0.05) is 30.3 Å². The SMILES string of the molecule is Cc1ccc(-c2ccc(=O)n(CCCC(=O)Nc3cc(C)ccc3C)n2)cc1. The van der Waals surface area contributed by atoms with Gasteiger partial charge in [0.25, 0.3) is 5.56 Å². The number of benzene rings is 2. The molecule has 1 aromatic heterocycles. The summed E-state index contributed by atoms with van der Waals surface area (Å²) in [4.78, 5) is 24.4. The van der Waals surface area contributed by atoms with Crippen LogP contribution in [0.2, 0.25) is 0 Å². The lowest BCUT2D eigenvalue weighted by Crippen LogP contribution is -2.23. The van der Waals surface area contributed by atoms with Gasteiger partial charge in [-0.05, 0) is 50.5 Å². The molecule has 0 aliphatic rings. The average Bonchev–Trinajstić information content (AvgIpc) is 2.67. The lowest BCUT2D eigenvalue weighted by atomic mass is 10.1. The van der Waals surface area contributed by atoms with Crippen LogP contribution in [0, 0.1) is 20.8 Å². The van der Waals surface area contributed by atoms with E-state index in [1.54, 1.807) is 6.07 Å². The standard InChI is InChI=1S/C23H25N3O2/c1-16-7-10-19(11-8-16)20-12-13-23(28)26(25-20)14-4-5-22(27)24-21-15-17(2)6-9-18(21)3/h6-13,15H,4-5,14H2,1-3H3,(H,24,27). The van der Waals surface area contributed by atoms with E-state index < -0.39 is 0 Å². The molecule has 0 bridgehead atoms. The molecule has 3 rings (SSSR count). The van der Waals surface area contributed by atoms with Crippen molar-refractivity contribution in [3.05, 3.63) is 81.6 Å². The van der Waals surface area contributed by atoms with E-state index in [9.17, 15) is 9.59 Å². The number of hydrogen-bond donors (Lipinski definition) is 1. The summed E-state index contributed by atoms with van der Waals surface area (Å²) in [7, 11) is 0. The van der Waals surface area contributed by atoms with Crippen molar-refractivity contribution in [2.75, 3.05) is 5.32 Å². The minimum atomic E-state index is -0.161. The molecule has 144 valence electrons. The Bertz CT molecular complexity index is 1040. The second-order valence-corrected chi connectivity index (χ2v) is 7.12. The van der Waals surface area contributed by atoms with Crippen LogP contribution in [-0.2, 0) is 11.3 Å². The number of aryl methyl sites for hydroxylation is 4. The minimum absolute atomic E-state index is 0.0589. The average molecular weight is 375 g/mol. The first-order valence-electron chi connectivity index (χ1n) is 9.45. The summed E-state index contributed by atoms with van der Waals surface area (Å²) >= 11 is 0. The molecule has 0 saturated heterocycles. The monoisotopic (exact) mass is 375 g/mol. The normalized spacial score (nSPS) is 10.7. The Morgan fingerprint density at radius 1 is 0.964 bits per heavy atom. The zero-order valence-electron chi connectivity index (χ0n) is 16.5. The quantitative estimate of drug-likeness (QED) is 0.700. The Labute approximate surface area is 165 Å². The highest BCUT2D eigenvalue weighted by atomic mass is 16.1. The first-order valence-corrected chi connectivity index (χ1v) is 9.45. The molecule has 2 aromatic carbocycles. The number of nitrogens with zero attached hydrogens (tertiary/aromatic N) is 2. The van der Waals surface area contributed by atoms with Crippen molar-refractivity contribution < 1.29 is 4.79 Å². The van der Waals surface area contributed by atoms with Crippen LogP contribution in [-0.4, -0.2) is 15.7 Å². The Kier molecular flexibility index (Phi) is 6.04. The molecule has 5 nitrogen and oxygen atoms in total. The molecule has 5 heteroatoms. The molecule has 0 atom stereocenters. The largest absolute Gasteiger partial charge is 0.326 e. The molecule has 0 unspecified atom stereocenters. The molecular formula is C23H25N3O2. The fraction of sp³-hybridized carbons (Fsp3) is 0.261. The Morgan fingerprint density at radius 3 is 2.43 bits per heavy atom. The summed E-state index contributed by atoms with van der Waals surface area (Å²) < 4.78 is 1.43. The second kappa shape index (κ2) is 8.65. The lowest BCUT2D eigenvalue weighted by Gasteiger charge is -2.10. The van der Waals surface area contributed by atoms with Gasteiger partial charge < -0.3 is 5.32 Å². The zero-order valence-corrected chi connectivity index (χ0v) is 16.5. The molecule has 1 N–H and O–H groups in total. The first kappa shape index (κ1) is 19.5. The van der Waals surface area contributed by atoms with Gasteiger partial charge in [-0.1, -0.05) is 42.0 Å². The topological polar surface area (TPSA) is 64.0 Å². The first-order chi connectivity index (χ1) is 13.4. The molecule has 0 spiro atoms. The number of amides is 1. The van der Waals surface area contributed by atoms with Gasteiger partial charge in [0.2, 0.25) is 5.91 Å². The van der Waals surface area contributed by atoms with E-state index in [1.807, 2.05) is 63.2 Å². The number of anilines is 1. The van der Waals surface area contributed by atoms with Crippen molar-refractivity contribution in [2.45, 2.75) is 40.2 Å². The highest BCUT2D eigenvalue weighted by Crippen LogP contribution is 2.17. The van der Waals surface area contributed by atoms with Crippen molar-refractivity contribution in [2.24, 2.45) is 0 Å². The third-order valence-electron chi connectivity index (χ3n) is 4.65. The summed E-state index contributed by atoms with van der Waals surface area (Å²) in [6.07, 6.45) is 0.872. The van der Waals surface area contributed by atoms with Gasteiger partial charge >= 0.3 is 0 Å². The highest BCUT2D eigenvalue weighted by Gasteiger charge is 2.07. The van der Waals surface area contributed by atoms with Crippen LogP contribution in [0.4, 0.5) is 5.69 Å². The van der Waals surface area contributed by atoms with Crippen molar-refractivity contribution in [1.29, 1.82) is 0 Å². The van der Waals surface area contributed by atoms with Crippen molar-refractivity contribution in [3.8, 4) is 11.3 Å². The van der Waals surface area contributed by atoms with Crippen LogP contribution >= 0.6 is 0 Å². The van der Waals surface area contributed by atoms with Gasteiger partial charge in [0.15, 0.2) is 0 Å². The molecule has 0 aliphatic carbocycles. The van der Waals surface area contributed by atoms with Crippen LogP contribution in [0.25, 0.3) is 11.3 Å². The molecule has 0 aliphatic heterocycles. The maximum absolute atomic E-state index is 12.3. The number of rotatable bonds is 6. The smallest absolute Gasteiger partial charge is 0.266 e. The van der Waals surface area contributed by atoms with Crippen LogP contribution in [0.1, 0.15) is 29.5 Å². The predicted molar refractivity (Wildman–Crippen MR) is 112 cm³/mol. The number of carbonyl (C=O) groups excluding carboxylic acids is 1. The van der Waals surface area contributed by atoms with Gasteiger partial charge in [-0.3, -0.25) is 9.59 Å². The van der Waals surface area contributed by atoms with Crippen molar-refractivity contribution >= 4 is 11.6 Å². The van der Waals surface area contributed by atoms with E-state index in [2.05, 4.69) is 10.4 Å². The van der Waals surface area contributed by atoms with Crippen LogP contribution < -0.4 is 10.9 Å². The molecule has 1 amide bonds. The summed E-state index contributed by atoms with van der Waals surface area (Å²) in [5.74, 6) is -0.0589. The van der Waals surface area contributed by atoms with Crippen molar-refractivity contribution in [3.63, 3.8) is 0 Å². The molecule has 0 fully saturated rings. The zero-order chi connectivity index (χ0) is 20.1. The second-order valence-electron chi connectivity index (χ2n) is 7.12. The van der Waals surface area contributed by atoms with Crippen LogP contribution in [0.3, 0.4) is 0 Å². The lowest BCUT2D eigenvalue weighted by molar-refractivity contribution is -0.116. The fourth-order valence-corrected chi connectivity index (χ4v) is 2.96. The van der Waals surface area contributed by atoms with E-state index in [0.717, 1.165) is 28.1 Å². The third kappa shape index (κ3) is 4.94. The summed E-state index contributed by atoms with van der Waals surface area (Å²) in [5.41, 5.74) is 5.69. The molecule has 0 saturated carbocycles. The maximum Gasteiger partial charge on any atom is 0.266 e.